The third kappa shape index (κ3) is 2.91. The van der Waals surface area contributed by atoms with Gasteiger partial charge in [-0.1, -0.05) is 6.07 Å². The van der Waals surface area contributed by atoms with Crippen molar-refractivity contribution in [3.05, 3.63) is 34.4 Å². The fraction of sp³-hybridized carbons (Fsp3) is 0.533. The molecule has 0 aliphatic heterocycles. The van der Waals surface area contributed by atoms with Crippen LogP contribution in [0.15, 0.2) is 12.1 Å². The molecule has 0 spiro atoms. The Bertz CT molecular complexity index is 450. The zero-order valence-corrected chi connectivity index (χ0v) is 11.2. The van der Waals surface area contributed by atoms with Gasteiger partial charge in [0.25, 0.3) is 0 Å². The van der Waals surface area contributed by atoms with Crippen molar-refractivity contribution in [3.63, 3.8) is 0 Å². The van der Waals surface area contributed by atoms with Gasteiger partial charge in [-0.2, -0.15) is 0 Å². The summed E-state index contributed by atoms with van der Waals surface area (Å²) < 4.78 is 5.06. The van der Waals surface area contributed by atoms with Gasteiger partial charge in [0, 0.05) is 19.3 Å². The topological polar surface area (TPSA) is 52.3 Å². The van der Waals surface area contributed by atoms with E-state index in [-0.39, 0.29) is 5.91 Å². The number of carbonyl (C=O) groups is 1. The summed E-state index contributed by atoms with van der Waals surface area (Å²) in [5, 5.41) is 0. The number of benzene rings is 1. The van der Waals surface area contributed by atoms with Gasteiger partial charge in [-0.05, 0) is 61.3 Å². The number of hydrogen-bond donors (Lipinski definition) is 1. The van der Waals surface area contributed by atoms with E-state index in [4.69, 9.17) is 10.5 Å². The van der Waals surface area contributed by atoms with Crippen molar-refractivity contribution in [2.75, 3.05) is 13.7 Å². The van der Waals surface area contributed by atoms with Crippen LogP contribution in [0.4, 0.5) is 0 Å². The van der Waals surface area contributed by atoms with E-state index < -0.39 is 0 Å². The van der Waals surface area contributed by atoms with Gasteiger partial charge in [0.15, 0.2) is 0 Å². The van der Waals surface area contributed by atoms with Crippen LogP contribution in [0.1, 0.15) is 52.2 Å². The quantitative estimate of drug-likeness (QED) is 0.785. The number of nitrogens with two attached hydrogens (primary N) is 1. The molecule has 2 rings (SSSR count). The number of amides is 1. The Morgan fingerprint density at radius 1 is 1.44 bits per heavy atom. The lowest BCUT2D eigenvalue weighted by atomic mass is 9.94. The molecule has 0 heterocycles. The summed E-state index contributed by atoms with van der Waals surface area (Å²) in [5.41, 5.74) is 9.83. The maximum Gasteiger partial charge on any atom is 0.248 e. The maximum absolute atomic E-state index is 11.5. The highest BCUT2D eigenvalue weighted by molar-refractivity contribution is 5.95. The van der Waals surface area contributed by atoms with Crippen LogP contribution >= 0.6 is 0 Å². The fourth-order valence-corrected chi connectivity index (χ4v) is 2.40. The first-order valence-corrected chi connectivity index (χ1v) is 6.55. The van der Waals surface area contributed by atoms with Crippen LogP contribution in [0.25, 0.3) is 0 Å². The maximum atomic E-state index is 11.5. The normalized spacial score (nSPS) is 14.8. The van der Waals surface area contributed by atoms with Crippen LogP contribution < -0.4 is 5.73 Å². The molecule has 2 N–H and O–H groups in total. The average Bonchev–Trinajstić information content (AvgIpc) is 3.14. The summed E-state index contributed by atoms with van der Waals surface area (Å²) in [7, 11) is 1.71. The Kier molecular flexibility index (Phi) is 4.02. The minimum absolute atomic E-state index is 0.301. The zero-order chi connectivity index (χ0) is 13.1. The number of methoxy groups -OCH3 is 1. The molecule has 3 heteroatoms. The fourth-order valence-electron chi connectivity index (χ4n) is 2.40. The number of rotatable bonds is 6. The summed E-state index contributed by atoms with van der Waals surface area (Å²) in [6.45, 7) is 2.86. The first-order chi connectivity index (χ1) is 8.63. The predicted octanol–water partition coefficient (Wildman–Crippen LogP) is 2.55. The van der Waals surface area contributed by atoms with Crippen molar-refractivity contribution in [1.29, 1.82) is 0 Å². The highest BCUT2D eigenvalue weighted by atomic mass is 16.5. The highest BCUT2D eigenvalue weighted by Crippen LogP contribution is 2.42. The summed E-state index contributed by atoms with van der Waals surface area (Å²) >= 11 is 0. The van der Waals surface area contributed by atoms with Crippen molar-refractivity contribution in [3.8, 4) is 0 Å². The smallest absolute Gasteiger partial charge is 0.248 e. The largest absolute Gasteiger partial charge is 0.385 e. The Labute approximate surface area is 108 Å². The minimum atomic E-state index is -0.301. The molecule has 1 saturated carbocycles. The van der Waals surface area contributed by atoms with E-state index in [2.05, 4.69) is 13.0 Å². The molecule has 0 unspecified atom stereocenters. The van der Waals surface area contributed by atoms with E-state index in [0.29, 0.717) is 5.92 Å². The van der Waals surface area contributed by atoms with Gasteiger partial charge in [-0.3, -0.25) is 4.79 Å². The van der Waals surface area contributed by atoms with Crippen LogP contribution in [0, 0.1) is 6.92 Å². The molecular formula is C15H21NO2. The van der Waals surface area contributed by atoms with E-state index in [1.165, 1.54) is 24.0 Å². The van der Waals surface area contributed by atoms with Crippen LogP contribution in [0.3, 0.4) is 0 Å². The first-order valence-electron chi connectivity index (χ1n) is 6.55. The Hall–Kier alpha value is -1.35. The molecule has 0 bridgehead atoms. The standard InChI is InChI=1S/C15H21NO2/c1-10-8-13(11-5-6-11)14(15(16)17)9-12(10)4-3-7-18-2/h8-9,11H,3-7H2,1-2H3,(H2,16,17). The number of hydrogen-bond acceptors (Lipinski definition) is 2. The second-order valence-corrected chi connectivity index (χ2v) is 5.10. The molecular weight excluding hydrogens is 226 g/mol. The van der Waals surface area contributed by atoms with Crippen LogP contribution in [0.5, 0.6) is 0 Å². The molecule has 1 aromatic carbocycles. The summed E-state index contributed by atoms with van der Waals surface area (Å²) in [6.07, 6.45) is 4.27. The summed E-state index contributed by atoms with van der Waals surface area (Å²) in [5.74, 6) is 0.254. The van der Waals surface area contributed by atoms with Crippen molar-refractivity contribution in [1.82, 2.24) is 0 Å². The molecule has 1 aliphatic carbocycles. The predicted molar refractivity (Wildman–Crippen MR) is 71.9 cm³/mol. The van der Waals surface area contributed by atoms with E-state index in [9.17, 15) is 4.79 Å². The number of carbonyl (C=O) groups excluding carboxylic acids is 1. The third-order valence-electron chi connectivity index (χ3n) is 3.59. The molecule has 3 nitrogen and oxygen atoms in total. The molecule has 0 saturated heterocycles. The zero-order valence-electron chi connectivity index (χ0n) is 11.2. The SMILES string of the molecule is COCCCc1cc(C(N)=O)c(C2CC2)cc1C. The highest BCUT2D eigenvalue weighted by Gasteiger charge is 2.28. The lowest BCUT2D eigenvalue weighted by molar-refractivity contribution is 0.0999. The van der Waals surface area contributed by atoms with Crippen molar-refractivity contribution in [2.24, 2.45) is 5.73 Å². The Morgan fingerprint density at radius 2 is 2.17 bits per heavy atom. The average molecular weight is 247 g/mol. The van der Waals surface area contributed by atoms with Crippen LogP contribution in [0.2, 0.25) is 0 Å². The van der Waals surface area contributed by atoms with E-state index in [0.717, 1.165) is 30.6 Å². The third-order valence-corrected chi connectivity index (χ3v) is 3.59. The van der Waals surface area contributed by atoms with E-state index in [1.807, 2.05) is 6.07 Å². The molecule has 18 heavy (non-hydrogen) atoms. The monoisotopic (exact) mass is 247 g/mol. The van der Waals surface area contributed by atoms with Gasteiger partial charge in [0.1, 0.15) is 0 Å². The number of primary amides is 1. The van der Waals surface area contributed by atoms with Gasteiger partial charge in [0.05, 0.1) is 0 Å². The van der Waals surface area contributed by atoms with Crippen molar-refractivity contribution >= 4 is 5.91 Å². The molecule has 1 amide bonds. The molecule has 0 atom stereocenters. The Morgan fingerprint density at radius 3 is 2.72 bits per heavy atom. The molecule has 1 fully saturated rings. The molecule has 1 aliphatic rings. The van der Waals surface area contributed by atoms with E-state index in [1.54, 1.807) is 7.11 Å². The van der Waals surface area contributed by atoms with Gasteiger partial charge in [-0.15, -0.1) is 0 Å². The Balaban J connectivity index is 2.25. The second-order valence-electron chi connectivity index (χ2n) is 5.10. The van der Waals surface area contributed by atoms with Gasteiger partial charge in [0.2, 0.25) is 5.91 Å². The number of aryl methyl sites for hydroxylation is 2. The molecule has 1 aromatic rings. The number of ether oxygens (including phenoxy) is 1. The van der Waals surface area contributed by atoms with Crippen molar-refractivity contribution < 1.29 is 9.53 Å². The van der Waals surface area contributed by atoms with Crippen LogP contribution in [-0.2, 0) is 11.2 Å². The van der Waals surface area contributed by atoms with Crippen molar-refractivity contribution in [2.45, 2.75) is 38.5 Å². The summed E-state index contributed by atoms with van der Waals surface area (Å²) in [6, 6.07) is 4.14. The van der Waals surface area contributed by atoms with Crippen LogP contribution in [-0.4, -0.2) is 19.6 Å². The lowest BCUT2D eigenvalue weighted by Gasteiger charge is -2.12. The molecule has 0 radical (unpaired) electrons. The van der Waals surface area contributed by atoms with Gasteiger partial charge >= 0.3 is 0 Å². The first kappa shape index (κ1) is 13.1. The van der Waals surface area contributed by atoms with Gasteiger partial charge in [-0.25, -0.2) is 0 Å². The summed E-state index contributed by atoms with van der Waals surface area (Å²) in [4.78, 5) is 11.5. The lowest BCUT2D eigenvalue weighted by Crippen LogP contribution is -2.14. The van der Waals surface area contributed by atoms with Gasteiger partial charge < -0.3 is 10.5 Å². The second kappa shape index (κ2) is 5.53. The minimum Gasteiger partial charge on any atom is -0.385 e. The van der Waals surface area contributed by atoms with E-state index >= 15 is 0 Å². The molecule has 98 valence electrons. The molecule has 0 aromatic heterocycles.